The molecule has 1 aliphatic rings. The van der Waals surface area contributed by atoms with Crippen LogP contribution in [0.15, 0.2) is 35.3 Å². The fourth-order valence-electron chi connectivity index (χ4n) is 2.57. The van der Waals surface area contributed by atoms with E-state index in [1.807, 2.05) is 31.2 Å². The summed E-state index contributed by atoms with van der Waals surface area (Å²) in [5.74, 6) is 0.661. The lowest BCUT2D eigenvalue weighted by atomic mass is 9.93. The van der Waals surface area contributed by atoms with Crippen LogP contribution in [0.4, 0.5) is 11.4 Å². The lowest BCUT2D eigenvalue weighted by Crippen LogP contribution is -2.33. The highest BCUT2D eigenvalue weighted by Gasteiger charge is 2.19. The molecule has 0 aliphatic heterocycles. The Hall–Kier alpha value is -2.30. The minimum atomic E-state index is -0.0168. The van der Waals surface area contributed by atoms with E-state index in [-0.39, 0.29) is 5.56 Å². The van der Waals surface area contributed by atoms with E-state index < -0.39 is 0 Å². The number of anilines is 2. The van der Waals surface area contributed by atoms with Gasteiger partial charge in [0.1, 0.15) is 11.5 Å². The summed E-state index contributed by atoms with van der Waals surface area (Å²) in [6.45, 7) is 2.53. The van der Waals surface area contributed by atoms with E-state index in [4.69, 9.17) is 5.73 Å². The van der Waals surface area contributed by atoms with E-state index in [0.29, 0.717) is 29.8 Å². The maximum absolute atomic E-state index is 12.6. The topological polar surface area (TPSA) is 72.9 Å². The molecule has 1 aromatic heterocycles. The Kier molecular flexibility index (Phi) is 3.64. The Balaban J connectivity index is 2.01. The average Bonchev–Trinajstić information content (AvgIpc) is 2.43. The van der Waals surface area contributed by atoms with Crippen molar-refractivity contribution < 1.29 is 0 Å². The largest absolute Gasteiger partial charge is 0.399 e. The van der Waals surface area contributed by atoms with E-state index in [0.717, 1.165) is 18.4 Å². The number of nitrogens with zero attached hydrogens (tertiary/aromatic N) is 2. The van der Waals surface area contributed by atoms with Crippen LogP contribution in [-0.4, -0.2) is 15.6 Å². The highest BCUT2D eigenvalue weighted by atomic mass is 16.1. The highest BCUT2D eigenvalue weighted by molar-refractivity contribution is 5.62. The van der Waals surface area contributed by atoms with Gasteiger partial charge < -0.3 is 11.1 Å². The fourth-order valence-corrected chi connectivity index (χ4v) is 2.57. The van der Waals surface area contributed by atoms with Gasteiger partial charge in [-0.3, -0.25) is 9.36 Å². The summed E-state index contributed by atoms with van der Waals surface area (Å²) < 4.78 is 1.69. The molecule has 5 heteroatoms. The quantitative estimate of drug-likeness (QED) is 0.846. The van der Waals surface area contributed by atoms with Crippen molar-refractivity contribution in [2.24, 2.45) is 0 Å². The molecule has 1 aromatic carbocycles. The molecule has 0 atom stereocenters. The fraction of sp³-hybridized carbons (Fsp3) is 0.375. The van der Waals surface area contributed by atoms with E-state index >= 15 is 0 Å². The summed E-state index contributed by atoms with van der Waals surface area (Å²) in [6, 6.07) is 7.88. The van der Waals surface area contributed by atoms with Crippen LogP contribution < -0.4 is 16.6 Å². The third-order valence-corrected chi connectivity index (χ3v) is 3.97. The first kappa shape index (κ1) is 13.7. The zero-order chi connectivity index (χ0) is 14.8. The summed E-state index contributed by atoms with van der Waals surface area (Å²) in [5, 5.41) is 3.29. The highest BCUT2D eigenvalue weighted by Crippen LogP contribution is 2.23. The number of hydrogen-bond donors (Lipinski definition) is 2. The molecule has 1 saturated carbocycles. The summed E-state index contributed by atoms with van der Waals surface area (Å²) >= 11 is 0. The first-order valence-electron chi connectivity index (χ1n) is 7.41. The normalized spacial score (nSPS) is 14.7. The number of aromatic nitrogens is 2. The van der Waals surface area contributed by atoms with Gasteiger partial charge in [0.2, 0.25) is 0 Å². The molecule has 5 nitrogen and oxygen atoms in total. The zero-order valence-electron chi connectivity index (χ0n) is 12.2. The van der Waals surface area contributed by atoms with Gasteiger partial charge in [-0.25, -0.2) is 4.98 Å². The Labute approximate surface area is 123 Å². The molecule has 3 N–H and O–H groups in total. The molecule has 1 fully saturated rings. The summed E-state index contributed by atoms with van der Waals surface area (Å²) in [4.78, 5) is 17.1. The predicted molar refractivity (Wildman–Crippen MR) is 85.3 cm³/mol. The maximum atomic E-state index is 12.6. The molecule has 0 amide bonds. The van der Waals surface area contributed by atoms with Gasteiger partial charge in [0.25, 0.3) is 5.56 Å². The van der Waals surface area contributed by atoms with E-state index in [9.17, 15) is 4.79 Å². The molecular weight excluding hydrogens is 264 g/mol. The van der Waals surface area contributed by atoms with Crippen LogP contribution in [0, 0.1) is 0 Å². The van der Waals surface area contributed by atoms with Gasteiger partial charge in [-0.2, -0.15) is 0 Å². The summed E-state index contributed by atoms with van der Waals surface area (Å²) in [7, 11) is 0. The van der Waals surface area contributed by atoms with Crippen LogP contribution in [0.1, 0.15) is 26.2 Å². The van der Waals surface area contributed by atoms with Crippen molar-refractivity contribution in [2.75, 3.05) is 11.1 Å². The molecule has 0 radical (unpaired) electrons. The Morgan fingerprint density at radius 2 is 2.24 bits per heavy atom. The van der Waals surface area contributed by atoms with Crippen molar-refractivity contribution in [3.63, 3.8) is 0 Å². The van der Waals surface area contributed by atoms with Crippen LogP contribution in [0.2, 0.25) is 0 Å². The number of nitrogens with one attached hydrogen (secondary N) is 1. The second-order valence-corrected chi connectivity index (χ2v) is 5.44. The molecule has 0 spiro atoms. The molecule has 2 aromatic rings. The molecule has 1 aliphatic carbocycles. The van der Waals surface area contributed by atoms with Crippen molar-refractivity contribution >= 4 is 11.4 Å². The third kappa shape index (κ3) is 2.63. The number of benzene rings is 1. The first-order chi connectivity index (χ1) is 10.2. The molecule has 0 unspecified atom stereocenters. The number of rotatable bonds is 4. The van der Waals surface area contributed by atoms with Crippen LogP contribution in [0.25, 0.3) is 11.4 Å². The average molecular weight is 284 g/mol. The van der Waals surface area contributed by atoms with E-state index in [1.165, 1.54) is 6.42 Å². The number of nitrogen functional groups attached to an aromatic ring is 1. The molecule has 21 heavy (non-hydrogen) atoms. The van der Waals surface area contributed by atoms with Crippen molar-refractivity contribution in [3.05, 3.63) is 40.8 Å². The predicted octanol–water partition coefficient (Wildman–Crippen LogP) is 2.48. The van der Waals surface area contributed by atoms with Crippen LogP contribution in [-0.2, 0) is 6.54 Å². The molecular formula is C16H20N4O. The minimum absolute atomic E-state index is 0.0168. The summed E-state index contributed by atoms with van der Waals surface area (Å²) in [5.41, 5.74) is 7.93. The first-order valence-corrected chi connectivity index (χ1v) is 7.41. The Morgan fingerprint density at radius 1 is 1.43 bits per heavy atom. The Morgan fingerprint density at radius 3 is 2.86 bits per heavy atom. The monoisotopic (exact) mass is 284 g/mol. The van der Waals surface area contributed by atoms with Gasteiger partial charge in [0, 0.05) is 23.8 Å². The van der Waals surface area contributed by atoms with Crippen LogP contribution >= 0.6 is 0 Å². The second kappa shape index (κ2) is 5.60. The van der Waals surface area contributed by atoms with Crippen molar-refractivity contribution in [3.8, 4) is 11.4 Å². The van der Waals surface area contributed by atoms with Gasteiger partial charge in [-0.15, -0.1) is 0 Å². The van der Waals surface area contributed by atoms with Crippen LogP contribution in [0.5, 0.6) is 0 Å². The lowest BCUT2D eigenvalue weighted by molar-refractivity contribution is 0.444. The number of hydrogen-bond acceptors (Lipinski definition) is 4. The smallest absolute Gasteiger partial charge is 0.277 e. The molecule has 0 saturated heterocycles. The zero-order valence-corrected chi connectivity index (χ0v) is 12.2. The minimum Gasteiger partial charge on any atom is -0.399 e. The SMILES string of the molecule is CCn1c(-c2cccc(N)c2)ncc(NC2CCC2)c1=O. The lowest BCUT2D eigenvalue weighted by Gasteiger charge is -2.27. The van der Waals surface area contributed by atoms with Gasteiger partial charge in [0.05, 0.1) is 6.20 Å². The van der Waals surface area contributed by atoms with Gasteiger partial charge in [-0.05, 0) is 38.3 Å². The molecule has 3 rings (SSSR count). The van der Waals surface area contributed by atoms with E-state index in [1.54, 1.807) is 10.8 Å². The molecule has 0 bridgehead atoms. The van der Waals surface area contributed by atoms with Gasteiger partial charge >= 0.3 is 0 Å². The van der Waals surface area contributed by atoms with Gasteiger partial charge in [-0.1, -0.05) is 12.1 Å². The Bertz CT molecular complexity index is 704. The van der Waals surface area contributed by atoms with Crippen molar-refractivity contribution in [1.82, 2.24) is 9.55 Å². The van der Waals surface area contributed by atoms with Crippen molar-refractivity contribution in [1.29, 1.82) is 0 Å². The standard InChI is InChI=1S/C16H20N4O/c1-2-20-15(11-5-3-6-12(17)9-11)18-10-14(16(20)21)19-13-7-4-8-13/h3,5-6,9-10,13,19H,2,4,7-8,17H2,1H3. The molecule has 110 valence electrons. The van der Waals surface area contributed by atoms with Crippen molar-refractivity contribution in [2.45, 2.75) is 38.8 Å². The number of nitrogens with two attached hydrogens (primary N) is 1. The third-order valence-electron chi connectivity index (χ3n) is 3.97. The maximum Gasteiger partial charge on any atom is 0.277 e. The van der Waals surface area contributed by atoms with E-state index in [2.05, 4.69) is 10.3 Å². The second-order valence-electron chi connectivity index (χ2n) is 5.44. The van der Waals surface area contributed by atoms with Crippen LogP contribution in [0.3, 0.4) is 0 Å². The summed E-state index contributed by atoms with van der Waals surface area (Å²) in [6.07, 6.45) is 5.13. The molecule has 1 heterocycles. The van der Waals surface area contributed by atoms with Gasteiger partial charge in [0.15, 0.2) is 0 Å².